The minimum atomic E-state index is -2.57. The van der Waals surface area contributed by atoms with Gasteiger partial charge in [-0.05, 0) is 38.6 Å². The maximum Gasteiger partial charge on any atom is 0.261 e. The van der Waals surface area contributed by atoms with Gasteiger partial charge in [-0.25, -0.2) is 0 Å². The summed E-state index contributed by atoms with van der Waals surface area (Å²) < 4.78 is 7.48. The molecule has 0 aromatic heterocycles. The summed E-state index contributed by atoms with van der Waals surface area (Å²) in [4.78, 5) is 12.4. The van der Waals surface area contributed by atoms with E-state index in [4.69, 9.17) is 4.43 Å². The maximum absolute atomic E-state index is 12.4. The highest BCUT2D eigenvalue weighted by Gasteiger charge is 2.64. The van der Waals surface area contributed by atoms with Crippen LogP contribution in [0.3, 0.4) is 0 Å². The molecule has 4 atom stereocenters. The monoisotopic (exact) mass is 420 g/mol. The van der Waals surface area contributed by atoms with Gasteiger partial charge >= 0.3 is 0 Å². The predicted octanol–water partition coefficient (Wildman–Crippen LogP) is 5.35. The first-order valence-electron chi connectivity index (χ1n) is 11.3. The summed E-state index contributed by atoms with van der Waals surface area (Å²) in [6, 6.07) is 21.8. The van der Waals surface area contributed by atoms with Gasteiger partial charge in [-0.2, -0.15) is 0 Å². The van der Waals surface area contributed by atoms with Gasteiger partial charge < -0.3 is 4.43 Å². The molecule has 0 bridgehead atoms. The molecular formula is C27H36O2Si. The Hall–Kier alpha value is -1.71. The van der Waals surface area contributed by atoms with Crippen molar-refractivity contribution in [3.63, 3.8) is 0 Å². The molecule has 30 heavy (non-hydrogen) atoms. The van der Waals surface area contributed by atoms with Gasteiger partial charge in [-0.1, -0.05) is 102 Å². The third-order valence-corrected chi connectivity index (χ3v) is 13.6. The average Bonchev–Trinajstić information content (AvgIpc) is 3.03. The molecule has 0 heterocycles. The van der Waals surface area contributed by atoms with Crippen molar-refractivity contribution < 1.29 is 9.22 Å². The lowest BCUT2D eigenvalue weighted by Crippen LogP contribution is -2.68. The highest BCUT2D eigenvalue weighted by molar-refractivity contribution is 6.99. The summed E-state index contributed by atoms with van der Waals surface area (Å²) in [5, 5.41) is 2.64. The zero-order valence-electron chi connectivity index (χ0n) is 19.4. The van der Waals surface area contributed by atoms with Crippen LogP contribution in [0.5, 0.6) is 0 Å². The van der Waals surface area contributed by atoms with Crippen LogP contribution in [0.4, 0.5) is 0 Å². The number of carbonyl (C=O) groups excluding carboxylic acids is 1. The zero-order valence-corrected chi connectivity index (χ0v) is 20.4. The van der Waals surface area contributed by atoms with Crippen LogP contribution in [-0.2, 0) is 9.22 Å². The number of hydrogen-bond acceptors (Lipinski definition) is 2. The van der Waals surface area contributed by atoms with Gasteiger partial charge in [-0.3, -0.25) is 4.79 Å². The molecule has 4 rings (SSSR count). The highest BCUT2D eigenvalue weighted by atomic mass is 28.4. The largest absolute Gasteiger partial charge is 0.404 e. The number of rotatable bonds is 4. The lowest BCUT2D eigenvalue weighted by Gasteiger charge is -2.46. The van der Waals surface area contributed by atoms with Crippen molar-refractivity contribution in [3.05, 3.63) is 60.7 Å². The summed E-state index contributed by atoms with van der Waals surface area (Å²) in [6.45, 7) is 14.0. The van der Waals surface area contributed by atoms with Gasteiger partial charge in [0, 0.05) is 18.9 Å². The van der Waals surface area contributed by atoms with Gasteiger partial charge in [0.15, 0.2) is 0 Å². The number of ketones is 1. The number of benzene rings is 2. The van der Waals surface area contributed by atoms with E-state index in [9.17, 15) is 4.79 Å². The van der Waals surface area contributed by atoms with Crippen LogP contribution in [0.25, 0.3) is 0 Å². The first-order chi connectivity index (χ1) is 14.0. The molecule has 0 N–H and O–H groups in total. The molecule has 0 radical (unpaired) electrons. The van der Waals surface area contributed by atoms with Gasteiger partial charge in [0.2, 0.25) is 0 Å². The first-order valence-corrected chi connectivity index (χ1v) is 13.2. The van der Waals surface area contributed by atoms with E-state index in [0.29, 0.717) is 24.5 Å². The third kappa shape index (κ3) is 3.05. The summed E-state index contributed by atoms with van der Waals surface area (Å²) in [6.07, 6.45) is 2.54. The van der Waals surface area contributed by atoms with Crippen LogP contribution < -0.4 is 10.4 Å². The molecule has 0 amide bonds. The molecule has 0 spiro atoms. The molecule has 2 nitrogen and oxygen atoms in total. The lowest BCUT2D eigenvalue weighted by atomic mass is 9.67. The van der Waals surface area contributed by atoms with Gasteiger partial charge in [0.1, 0.15) is 5.78 Å². The molecule has 2 aliphatic carbocycles. The van der Waals surface area contributed by atoms with Crippen molar-refractivity contribution in [1.29, 1.82) is 0 Å². The van der Waals surface area contributed by atoms with Crippen molar-refractivity contribution in [3.8, 4) is 0 Å². The Morgan fingerprint density at radius 2 is 1.40 bits per heavy atom. The number of carbonyl (C=O) groups is 1. The second-order valence-corrected chi connectivity index (χ2v) is 15.4. The summed E-state index contributed by atoms with van der Waals surface area (Å²) >= 11 is 0. The normalized spacial score (nSPS) is 31.7. The van der Waals surface area contributed by atoms with E-state index in [0.717, 1.165) is 6.42 Å². The molecule has 2 aromatic rings. The van der Waals surface area contributed by atoms with Crippen LogP contribution >= 0.6 is 0 Å². The molecule has 2 aliphatic rings. The topological polar surface area (TPSA) is 26.3 Å². The molecule has 2 aromatic carbocycles. The molecule has 3 heteroatoms. The minimum Gasteiger partial charge on any atom is -0.404 e. The van der Waals surface area contributed by atoms with Crippen molar-refractivity contribution in [1.82, 2.24) is 0 Å². The van der Waals surface area contributed by atoms with Crippen molar-refractivity contribution in [2.75, 3.05) is 0 Å². The molecule has 0 saturated heterocycles. The molecule has 0 aliphatic heterocycles. The Morgan fingerprint density at radius 1 is 0.900 bits per heavy atom. The second kappa shape index (κ2) is 7.17. The van der Waals surface area contributed by atoms with Gasteiger partial charge in [0.05, 0.1) is 0 Å². The van der Waals surface area contributed by atoms with Crippen LogP contribution in [0.15, 0.2) is 60.7 Å². The summed E-state index contributed by atoms with van der Waals surface area (Å²) in [5.74, 6) is 0.784. The number of fused-ring (bicyclic) bond motifs is 1. The summed E-state index contributed by atoms with van der Waals surface area (Å²) in [5.41, 5.74) is 0.0692. The van der Waals surface area contributed by atoms with Crippen molar-refractivity contribution in [2.45, 2.75) is 71.9 Å². The third-order valence-electron chi connectivity index (χ3n) is 8.49. The summed E-state index contributed by atoms with van der Waals surface area (Å²) in [7, 11) is -2.57. The fourth-order valence-corrected chi connectivity index (χ4v) is 11.2. The fourth-order valence-electron chi connectivity index (χ4n) is 6.43. The first kappa shape index (κ1) is 21.5. The van der Waals surface area contributed by atoms with E-state index in [2.05, 4.69) is 102 Å². The Morgan fingerprint density at radius 3 is 1.83 bits per heavy atom. The van der Waals surface area contributed by atoms with E-state index in [-0.39, 0.29) is 22.0 Å². The van der Waals surface area contributed by atoms with E-state index < -0.39 is 8.32 Å². The maximum atomic E-state index is 12.4. The van der Waals surface area contributed by atoms with Crippen molar-refractivity contribution in [2.24, 2.45) is 16.7 Å². The van der Waals surface area contributed by atoms with Crippen LogP contribution in [0.1, 0.15) is 60.8 Å². The van der Waals surface area contributed by atoms with E-state index in [1.165, 1.54) is 10.4 Å². The Kier molecular flexibility index (Phi) is 5.14. The molecular weight excluding hydrogens is 384 g/mol. The Labute approximate surface area is 183 Å². The van der Waals surface area contributed by atoms with Crippen molar-refractivity contribution >= 4 is 24.5 Å². The predicted molar refractivity (Wildman–Crippen MR) is 127 cm³/mol. The minimum absolute atomic E-state index is 0.0231. The van der Waals surface area contributed by atoms with E-state index in [1.807, 2.05) is 0 Å². The smallest absolute Gasteiger partial charge is 0.261 e. The van der Waals surface area contributed by atoms with Crippen LogP contribution in [0, 0.1) is 16.7 Å². The van der Waals surface area contributed by atoms with Crippen LogP contribution in [-0.4, -0.2) is 20.2 Å². The molecule has 0 unspecified atom stereocenters. The fraction of sp³-hybridized carbons (Fsp3) is 0.519. The molecule has 160 valence electrons. The van der Waals surface area contributed by atoms with Gasteiger partial charge in [0.25, 0.3) is 8.32 Å². The van der Waals surface area contributed by atoms with Crippen LogP contribution in [0.2, 0.25) is 5.04 Å². The highest BCUT2D eigenvalue weighted by Crippen LogP contribution is 2.65. The second-order valence-electron chi connectivity index (χ2n) is 11.2. The zero-order chi connectivity index (χ0) is 21.8. The number of hydrogen-bond donors (Lipinski definition) is 0. The van der Waals surface area contributed by atoms with E-state index >= 15 is 0 Å². The lowest BCUT2D eigenvalue weighted by molar-refractivity contribution is -0.118. The Balaban J connectivity index is 1.84. The average molecular weight is 421 g/mol. The SMILES string of the molecule is C[C@@H]1[C@H](O[Si](c2ccccc2)(c2ccccc2)C(C)(C)C)C[C@]2(C)CC(=O)C[C@]12C. The molecule has 2 saturated carbocycles. The molecule has 2 fully saturated rings. The Bertz CT molecular complexity index is 877. The quantitative estimate of drug-likeness (QED) is 0.624. The standard InChI is InChI=1S/C27H36O2Si/c1-20-24(19-26(5)17-21(28)18-27(20,26)6)29-30(25(2,3)4,22-13-9-7-10-14-22)23-15-11-8-12-16-23/h7-16,20,24H,17-19H2,1-6H3/t20-,24-,26+,27-/m1/s1. The van der Waals surface area contributed by atoms with E-state index in [1.54, 1.807) is 0 Å². The van der Waals surface area contributed by atoms with Gasteiger partial charge in [-0.15, -0.1) is 0 Å². The number of Topliss-reactive ketones (excluding diaryl/α,β-unsaturated/α-hetero) is 1.